The second-order valence-corrected chi connectivity index (χ2v) is 6.45. The van der Waals surface area contributed by atoms with E-state index in [0.717, 1.165) is 26.2 Å². The Labute approximate surface area is 150 Å². The first-order valence-electron chi connectivity index (χ1n) is 8.68. The molecule has 0 N–H and O–H groups in total. The number of pyridine rings is 1. The SMILES string of the molecule is O=C1c2ccccc2C(=O)N1CCN1CCN(c2cccc(F)n2)CC1. The number of amides is 2. The number of carbonyl (C=O) groups excluding carboxylic acids is 2. The van der Waals surface area contributed by atoms with E-state index in [1.807, 2.05) is 4.90 Å². The van der Waals surface area contributed by atoms with E-state index in [0.29, 0.717) is 30.0 Å². The van der Waals surface area contributed by atoms with Crippen LogP contribution in [0.1, 0.15) is 20.7 Å². The number of halogens is 1. The summed E-state index contributed by atoms with van der Waals surface area (Å²) in [6.45, 7) is 4.04. The zero-order valence-electron chi connectivity index (χ0n) is 14.3. The van der Waals surface area contributed by atoms with E-state index in [9.17, 15) is 14.0 Å². The average molecular weight is 354 g/mol. The Hall–Kier alpha value is -2.80. The molecular weight excluding hydrogens is 335 g/mol. The van der Waals surface area contributed by atoms with Crippen molar-refractivity contribution in [3.63, 3.8) is 0 Å². The third kappa shape index (κ3) is 3.06. The minimum absolute atomic E-state index is 0.215. The summed E-state index contributed by atoms with van der Waals surface area (Å²) in [5.41, 5.74) is 0.971. The van der Waals surface area contributed by atoms with Crippen molar-refractivity contribution in [2.75, 3.05) is 44.2 Å². The number of hydrogen-bond donors (Lipinski definition) is 0. The van der Waals surface area contributed by atoms with Crippen molar-refractivity contribution >= 4 is 17.6 Å². The van der Waals surface area contributed by atoms with Crippen molar-refractivity contribution in [3.8, 4) is 0 Å². The van der Waals surface area contributed by atoms with Crippen molar-refractivity contribution in [2.24, 2.45) is 0 Å². The van der Waals surface area contributed by atoms with Gasteiger partial charge in [-0.25, -0.2) is 4.98 Å². The smallest absolute Gasteiger partial charge is 0.261 e. The first kappa shape index (κ1) is 16.7. The molecule has 2 aromatic rings. The topological polar surface area (TPSA) is 56.8 Å². The lowest BCUT2D eigenvalue weighted by Gasteiger charge is -2.35. The van der Waals surface area contributed by atoms with E-state index < -0.39 is 5.95 Å². The van der Waals surface area contributed by atoms with Gasteiger partial charge in [0, 0.05) is 39.3 Å². The first-order valence-corrected chi connectivity index (χ1v) is 8.68. The number of nitrogens with zero attached hydrogens (tertiary/aromatic N) is 4. The molecule has 0 bridgehead atoms. The molecule has 2 aliphatic rings. The van der Waals surface area contributed by atoms with Crippen LogP contribution in [0.25, 0.3) is 0 Å². The summed E-state index contributed by atoms with van der Waals surface area (Å²) in [6.07, 6.45) is 0. The summed E-state index contributed by atoms with van der Waals surface area (Å²) < 4.78 is 13.3. The number of hydrogen-bond acceptors (Lipinski definition) is 5. The van der Waals surface area contributed by atoms with Gasteiger partial charge in [-0.15, -0.1) is 0 Å². The molecule has 0 saturated carbocycles. The molecule has 134 valence electrons. The Balaban J connectivity index is 1.32. The van der Waals surface area contributed by atoms with E-state index in [4.69, 9.17) is 0 Å². The van der Waals surface area contributed by atoms with E-state index in [2.05, 4.69) is 9.88 Å². The van der Waals surface area contributed by atoms with E-state index >= 15 is 0 Å². The fourth-order valence-corrected chi connectivity index (χ4v) is 3.46. The standard InChI is InChI=1S/C19H19FN4O2/c20-16-6-3-7-17(21-16)23-11-8-22(9-12-23)10-13-24-18(25)14-4-1-2-5-15(14)19(24)26/h1-7H,8-13H2. The second kappa shape index (κ2) is 6.84. The zero-order chi connectivity index (χ0) is 18.1. The van der Waals surface area contributed by atoms with Gasteiger partial charge in [-0.2, -0.15) is 4.39 Å². The summed E-state index contributed by atoms with van der Waals surface area (Å²) in [6, 6.07) is 11.7. The fraction of sp³-hybridized carbons (Fsp3) is 0.316. The van der Waals surface area contributed by atoms with Gasteiger partial charge < -0.3 is 4.90 Å². The minimum Gasteiger partial charge on any atom is -0.354 e. The van der Waals surface area contributed by atoms with Gasteiger partial charge in [0.05, 0.1) is 11.1 Å². The molecule has 2 amide bonds. The number of anilines is 1. The Kier molecular flexibility index (Phi) is 4.38. The van der Waals surface area contributed by atoms with Crippen LogP contribution in [0.3, 0.4) is 0 Å². The quantitative estimate of drug-likeness (QED) is 0.617. The minimum atomic E-state index is -0.476. The van der Waals surface area contributed by atoms with Crippen molar-refractivity contribution in [1.82, 2.24) is 14.8 Å². The molecule has 1 fully saturated rings. The second-order valence-electron chi connectivity index (χ2n) is 6.45. The average Bonchev–Trinajstić information content (AvgIpc) is 2.91. The molecule has 0 atom stereocenters. The van der Waals surface area contributed by atoms with Gasteiger partial charge in [0.25, 0.3) is 11.8 Å². The van der Waals surface area contributed by atoms with Gasteiger partial charge in [0.2, 0.25) is 5.95 Å². The highest BCUT2D eigenvalue weighted by atomic mass is 19.1. The van der Waals surface area contributed by atoms with Gasteiger partial charge >= 0.3 is 0 Å². The maximum atomic E-state index is 13.3. The normalized spacial score (nSPS) is 17.7. The van der Waals surface area contributed by atoms with E-state index in [1.54, 1.807) is 36.4 Å². The summed E-state index contributed by atoms with van der Waals surface area (Å²) in [5, 5.41) is 0. The van der Waals surface area contributed by atoms with Gasteiger partial charge in [0.1, 0.15) is 5.82 Å². The molecule has 0 spiro atoms. The van der Waals surface area contributed by atoms with Gasteiger partial charge in [-0.05, 0) is 24.3 Å². The molecule has 2 aliphatic heterocycles. The van der Waals surface area contributed by atoms with Crippen LogP contribution in [-0.2, 0) is 0 Å². The molecule has 1 aromatic carbocycles. The van der Waals surface area contributed by atoms with Gasteiger partial charge in [0.15, 0.2) is 0 Å². The highest BCUT2D eigenvalue weighted by molar-refractivity contribution is 6.21. The van der Waals surface area contributed by atoms with Crippen LogP contribution in [0.15, 0.2) is 42.5 Å². The highest BCUT2D eigenvalue weighted by Gasteiger charge is 2.35. The number of fused-ring (bicyclic) bond motifs is 1. The van der Waals surface area contributed by atoms with Crippen LogP contribution in [0.2, 0.25) is 0 Å². The summed E-state index contributed by atoms with van der Waals surface area (Å²) in [4.78, 5) is 34.3. The molecule has 1 saturated heterocycles. The summed E-state index contributed by atoms with van der Waals surface area (Å²) in [5.74, 6) is -0.262. The molecule has 0 aliphatic carbocycles. The Morgan fingerprint density at radius 2 is 1.50 bits per heavy atom. The fourth-order valence-electron chi connectivity index (χ4n) is 3.46. The number of imide groups is 1. The van der Waals surface area contributed by atoms with Crippen LogP contribution < -0.4 is 4.90 Å². The summed E-state index contributed by atoms with van der Waals surface area (Å²) in [7, 11) is 0. The van der Waals surface area contributed by atoms with Crippen LogP contribution in [0.5, 0.6) is 0 Å². The van der Waals surface area contributed by atoms with Crippen LogP contribution >= 0.6 is 0 Å². The van der Waals surface area contributed by atoms with Crippen molar-refractivity contribution in [2.45, 2.75) is 0 Å². The molecule has 3 heterocycles. The van der Waals surface area contributed by atoms with Crippen LogP contribution in [0.4, 0.5) is 10.2 Å². The summed E-state index contributed by atoms with van der Waals surface area (Å²) >= 11 is 0. The van der Waals surface area contributed by atoms with Crippen molar-refractivity contribution < 1.29 is 14.0 Å². The zero-order valence-corrected chi connectivity index (χ0v) is 14.3. The number of benzene rings is 1. The number of aromatic nitrogens is 1. The van der Waals surface area contributed by atoms with Gasteiger partial charge in [-0.3, -0.25) is 19.4 Å². The predicted molar refractivity (Wildman–Crippen MR) is 94.7 cm³/mol. The van der Waals surface area contributed by atoms with Crippen molar-refractivity contribution in [1.29, 1.82) is 0 Å². The highest BCUT2D eigenvalue weighted by Crippen LogP contribution is 2.22. The van der Waals surface area contributed by atoms with E-state index in [-0.39, 0.29) is 11.8 Å². The monoisotopic (exact) mass is 354 g/mol. The number of piperazine rings is 1. The first-order chi connectivity index (χ1) is 12.6. The molecule has 26 heavy (non-hydrogen) atoms. The third-order valence-electron chi connectivity index (χ3n) is 4.91. The molecule has 6 nitrogen and oxygen atoms in total. The molecular formula is C19H19FN4O2. The van der Waals surface area contributed by atoms with Gasteiger partial charge in [-0.1, -0.05) is 18.2 Å². The number of carbonyl (C=O) groups is 2. The predicted octanol–water partition coefficient (Wildman–Crippen LogP) is 1.64. The van der Waals surface area contributed by atoms with Crippen LogP contribution in [0, 0.1) is 5.95 Å². The molecule has 7 heteroatoms. The lowest BCUT2D eigenvalue weighted by atomic mass is 10.1. The maximum Gasteiger partial charge on any atom is 0.261 e. The number of rotatable bonds is 4. The Morgan fingerprint density at radius 1 is 0.846 bits per heavy atom. The van der Waals surface area contributed by atoms with Crippen molar-refractivity contribution in [3.05, 3.63) is 59.5 Å². The largest absolute Gasteiger partial charge is 0.354 e. The molecule has 0 unspecified atom stereocenters. The third-order valence-corrected chi connectivity index (χ3v) is 4.91. The van der Waals surface area contributed by atoms with E-state index in [1.165, 1.54) is 11.0 Å². The lowest BCUT2D eigenvalue weighted by molar-refractivity contribution is 0.0635. The molecule has 0 radical (unpaired) electrons. The molecule has 4 rings (SSSR count). The lowest BCUT2D eigenvalue weighted by Crippen LogP contribution is -2.49. The Morgan fingerprint density at radius 3 is 2.12 bits per heavy atom. The Bertz CT molecular complexity index is 814. The van der Waals surface area contributed by atoms with Crippen LogP contribution in [-0.4, -0.2) is 65.9 Å². The molecule has 1 aromatic heterocycles. The maximum absolute atomic E-state index is 13.3.